The number of Topliss-reactive ketones (excluding diaryl/α,β-unsaturated/α-hetero) is 1. The molecule has 1 aliphatic heterocycles. The van der Waals surface area contributed by atoms with E-state index in [0.717, 1.165) is 62.8 Å². The molecule has 8 rings (SSSR count). The van der Waals surface area contributed by atoms with Crippen molar-refractivity contribution in [3.63, 3.8) is 0 Å². The standard InChI is InChI=1S/C47H49NO9/c1-55-43-26-38-37-24-30(51)23-31(13-10-27-11-15-41(52)44(20-27)56-19-18-50)57-45(54)9-5-3-7-34-32-6-2-4-8-40(32)48-47(34)46(39(38)25-42(43)53)33-14-12-28-21-35(33)36(37)22-29(28)16-17-49/h2,4,6,8,11-12,14-15,20,25-26,28-29,31,35-37,48-50,52-53H,7,9-10,13,16-19,21-24H2,1H3. The van der Waals surface area contributed by atoms with Gasteiger partial charge in [-0.05, 0) is 120 Å². The first-order valence-electron chi connectivity index (χ1n) is 20.0. The lowest BCUT2D eigenvalue weighted by Gasteiger charge is -2.46. The molecule has 3 aliphatic carbocycles. The smallest absolute Gasteiger partial charge is 0.318 e. The Kier molecular flexibility index (Phi) is 11.1. The number of phenols is 2. The fourth-order valence-corrected chi connectivity index (χ4v) is 9.91. The van der Waals surface area contributed by atoms with Crippen molar-refractivity contribution in [3.8, 4) is 34.8 Å². The fraction of sp³-hybridized carbons (Fsp3) is 0.404. The van der Waals surface area contributed by atoms with Crippen molar-refractivity contribution >= 4 is 28.2 Å². The number of H-pyrrole nitrogens is 1. The number of hydrogen-bond acceptors (Lipinski definition) is 9. The molecule has 6 unspecified atom stereocenters. The lowest BCUT2D eigenvalue weighted by Crippen LogP contribution is -2.38. The summed E-state index contributed by atoms with van der Waals surface area (Å²) in [4.78, 5) is 31.7. The summed E-state index contributed by atoms with van der Waals surface area (Å²) in [6.07, 6.45) is 7.42. The number of aliphatic hydroxyl groups excluding tert-OH is 2. The normalized spacial score (nSPS) is 24.3. The molecular formula is C47H49NO9. The Balaban J connectivity index is 1.26. The van der Waals surface area contributed by atoms with E-state index in [0.29, 0.717) is 37.4 Å². The van der Waals surface area contributed by atoms with Gasteiger partial charge in [0.1, 0.15) is 24.9 Å². The molecule has 6 atom stereocenters. The summed E-state index contributed by atoms with van der Waals surface area (Å²) >= 11 is 0. The van der Waals surface area contributed by atoms with E-state index in [2.05, 4.69) is 35.0 Å². The predicted molar refractivity (Wildman–Crippen MR) is 215 cm³/mol. The summed E-state index contributed by atoms with van der Waals surface area (Å²) < 4.78 is 17.2. The SMILES string of the molecule is COc1cc2c(cc1O)C1=C3C=CC4CC3C(CC4CCO)C2CC(=O)CC(CCc2ccc(O)c(OCCO)c2)OC(=O)CC#CCc2c1[nH]c1ccccc21. The summed E-state index contributed by atoms with van der Waals surface area (Å²) in [5.41, 5.74) is 7.59. The van der Waals surface area contributed by atoms with Crippen LogP contribution in [-0.2, 0) is 27.2 Å². The zero-order valence-corrected chi connectivity index (χ0v) is 32.1. The monoisotopic (exact) mass is 771 g/mol. The average Bonchev–Trinajstić information content (AvgIpc) is 3.52. The molecule has 10 nitrogen and oxygen atoms in total. The van der Waals surface area contributed by atoms with Crippen LogP contribution in [0.25, 0.3) is 16.5 Å². The van der Waals surface area contributed by atoms with Crippen molar-refractivity contribution in [2.24, 2.45) is 23.7 Å². The molecule has 0 saturated heterocycles. The van der Waals surface area contributed by atoms with Crippen LogP contribution in [0.4, 0.5) is 0 Å². The van der Waals surface area contributed by atoms with E-state index in [1.807, 2.05) is 24.3 Å². The average molecular weight is 772 g/mol. The summed E-state index contributed by atoms with van der Waals surface area (Å²) in [6.45, 7) is -0.0816. The third-order valence-electron chi connectivity index (χ3n) is 12.5. The molecule has 296 valence electrons. The number of aryl methyl sites for hydroxylation is 1. The molecule has 57 heavy (non-hydrogen) atoms. The topological polar surface area (TPSA) is 159 Å². The number of aromatic hydroxyl groups is 2. The summed E-state index contributed by atoms with van der Waals surface area (Å²) in [5.74, 6) is 6.74. The number of para-hydroxylation sites is 1. The summed E-state index contributed by atoms with van der Waals surface area (Å²) in [6, 6.07) is 16.8. The fourth-order valence-electron chi connectivity index (χ4n) is 9.91. The number of rotatable bonds is 9. The minimum atomic E-state index is -0.727. The number of benzene rings is 3. The van der Waals surface area contributed by atoms with E-state index in [4.69, 9.17) is 14.2 Å². The molecule has 4 bridgehead atoms. The number of carbonyl (C=O) groups is 2. The van der Waals surface area contributed by atoms with E-state index < -0.39 is 12.1 Å². The number of aromatic amines is 1. The maximum Gasteiger partial charge on any atom is 0.318 e. The Bertz CT molecular complexity index is 2310. The van der Waals surface area contributed by atoms with E-state index in [1.165, 1.54) is 13.2 Å². The molecule has 10 heteroatoms. The molecule has 4 aromatic rings. The number of nitrogens with one attached hydrogen (secondary N) is 1. The Morgan fingerprint density at radius 1 is 0.895 bits per heavy atom. The first-order valence-corrected chi connectivity index (χ1v) is 20.0. The van der Waals surface area contributed by atoms with Crippen LogP contribution in [0.15, 0.2) is 72.3 Å². The quantitative estimate of drug-likeness (QED) is 0.0901. The van der Waals surface area contributed by atoms with Gasteiger partial charge in [-0.3, -0.25) is 9.59 Å². The highest BCUT2D eigenvalue weighted by molar-refractivity contribution is 5.96. The number of carbonyl (C=O) groups excluding carboxylic acids is 2. The van der Waals surface area contributed by atoms with Gasteiger partial charge >= 0.3 is 5.97 Å². The third kappa shape index (κ3) is 7.66. The number of ketones is 1. The van der Waals surface area contributed by atoms with Crippen molar-refractivity contribution in [1.29, 1.82) is 0 Å². The first-order chi connectivity index (χ1) is 27.8. The number of methoxy groups -OCH3 is 1. The Labute approximate surface area is 332 Å². The predicted octanol–water partition coefficient (Wildman–Crippen LogP) is 6.91. The van der Waals surface area contributed by atoms with Gasteiger partial charge < -0.3 is 39.6 Å². The lowest BCUT2D eigenvalue weighted by molar-refractivity contribution is -0.149. The van der Waals surface area contributed by atoms with Crippen LogP contribution in [0.1, 0.15) is 78.8 Å². The van der Waals surface area contributed by atoms with E-state index >= 15 is 0 Å². The van der Waals surface area contributed by atoms with Crippen molar-refractivity contribution in [2.75, 3.05) is 26.9 Å². The van der Waals surface area contributed by atoms with Crippen molar-refractivity contribution < 1.29 is 44.2 Å². The van der Waals surface area contributed by atoms with Crippen molar-refractivity contribution in [2.45, 2.75) is 69.8 Å². The number of aliphatic hydroxyl groups is 2. The number of fused-ring (bicyclic) bond motifs is 6. The zero-order chi connectivity index (χ0) is 39.6. The number of esters is 1. The Morgan fingerprint density at radius 3 is 2.56 bits per heavy atom. The van der Waals surface area contributed by atoms with Gasteiger partial charge in [-0.15, -0.1) is 0 Å². The van der Waals surface area contributed by atoms with Gasteiger partial charge in [-0.25, -0.2) is 0 Å². The minimum absolute atomic E-state index is 0.00542. The molecule has 1 aromatic heterocycles. The van der Waals surface area contributed by atoms with Gasteiger partial charge in [0, 0.05) is 42.3 Å². The van der Waals surface area contributed by atoms with Crippen LogP contribution in [0, 0.1) is 35.5 Å². The number of ether oxygens (including phenoxy) is 3. The van der Waals surface area contributed by atoms with Gasteiger partial charge in [0.25, 0.3) is 0 Å². The van der Waals surface area contributed by atoms with Crippen LogP contribution < -0.4 is 9.47 Å². The van der Waals surface area contributed by atoms with E-state index in [-0.39, 0.29) is 85.8 Å². The molecule has 4 aliphatic rings. The van der Waals surface area contributed by atoms with Gasteiger partial charge in [-0.2, -0.15) is 0 Å². The van der Waals surface area contributed by atoms with Crippen molar-refractivity contribution in [1.82, 2.24) is 4.98 Å². The molecule has 3 aromatic carbocycles. The molecule has 2 heterocycles. The lowest BCUT2D eigenvalue weighted by atomic mass is 9.58. The van der Waals surface area contributed by atoms with Gasteiger partial charge in [0.2, 0.25) is 0 Å². The maximum absolute atomic E-state index is 14.6. The highest BCUT2D eigenvalue weighted by Gasteiger charge is 2.47. The van der Waals surface area contributed by atoms with Gasteiger partial charge in [-0.1, -0.05) is 48.3 Å². The van der Waals surface area contributed by atoms with E-state index in [9.17, 15) is 30.0 Å². The second kappa shape index (κ2) is 16.5. The Morgan fingerprint density at radius 2 is 1.74 bits per heavy atom. The van der Waals surface area contributed by atoms with Crippen LogP contribution >= 0.6 is 0 Å². The number of phenolic OH excluding ortho intramolecular Hbond substituents is 2. The van der Waals surface area contributed by atoms with Gasteiger partial charge in [0.05, 0.1) is 19.4 Å². The molecule has 1 fully saturated rings. The second-order valence-electron chi connectivity index (χ2n) is 15.8. The minimum Gasteiger partial charge on any atom is -0.504 e. The largest absolute Gasteiger partial charge is 0.504 e. The third-order valence-corrected chi connectivity index (χ3v) is 12.5. The van der Waals surface area contributed by atoms with Crippen LogP contribution in [0.3, 0.4) is 0 Å². The molecule has 1 saturated carbocycles. The maximum atomic E-state index is 14.6. The highest BCUT2D eigenvalue weighted by atomic mass is 16.5. The van der Waals surface area contributed by atoms with Gasteiger partial charge in [0.15, 0.2) is 23.0 Å². The highest BCUT2D eigenvalue weighted by Crippen LogP contribution is 2.58. The number of hydrogen-bond donors (Lipinski definition) is 5. The van der Waals surface area contributed by atoms with Crippen LogP contribution in [0.5, 0.6) is 23.0 Å². The van der Waals surface area contributed by atoms with Crippen LogP contribution in [-0.4, -0.2) is 70.2 Å². The number of allylic oxidation sites excluding steroid dienone is 3. The Hall–Kier alpha value is -5.50. The first kappa shape index (κ1) is 38.4. The summed E-state index contributed by atoms with van der Waals surface area (Å²) in [5, 5.41) is 42.1. The zero-order valence-electron chi connectivity index (χ0n) is 32.1. The molecule has 0 radical (unpaired) electrons. The number of cyclic esters (lactones) is 1. The molecule has 5 N–H and O–H groups in total. The molecule has 0 spiro atoms. The number of aromatic nitrogens is 1. The summed E-state index contributed by atoms with van der Waals surface area (Å²) in [7, 11) is 1.53. The molecular weight excluding hydrogens is 723 g/mol. The second-order valence-corrected chi connectivity index (χ2v) is 15.8. The van der Waals surface area contributed by atoms with Crippen LogP contribution in [0.2, 0.25) is 0 Å². The van der Waals surface area contributed by atoms with E-state index in [1.54, 1.807) is 18.2 Å². The van der Waals surface area contributed by atoms with Crippen molar-refractivity contribution in [3.05, 3.63) is 100 Å². The molecule has 0 amide bonds.